The summed E-state index contributed by atoms with van der Waals surface area (Å²) in [5.74, 6) is 1.51. The number of hydrogen-bond acceptors (Lipinski definition) is 8. The number of nitrogens with zero attached hydrogens (tertiary/aromatic N) is 3. The fraction of sp³-hybridized carbons (Fsp3) is 0.440. The largest absolute Gasteiger partial charge is 0.474 e. The van der Waals surface area contributed by atoms with Gasteiger partial charge in [-0.05, 0) is 62.3 Å². The summed E-state index contributed by atoms with van der Waals surface area (Å²) in [5, 5.41) is 5.09. The van der Waals surface area contributed by atoms with Crippen LogP contribution in [0.4, 0.5) is 11.6 Å². The minimum Gasteiger partial charge on any atom is -0.474 e. The molecule has 1 aliphatic heterocycles. The van der Waals surface area contributed by atoms with E-state index in [1.54, 1.807) is 18.3 Å². The van der Waals surface area contributed by atoms with Crippen LogP contribution in [0.25, 0.3) is 10.8 Å². The number of carbonyl (C=O) groups is 1. The van der Waals surface area contributed by atoms with E-state index in [-0.39, 0.29) is 24.1 Å². The molecule has 3 N–H and O–H groups in total. The van der Waals surface area contributed by atoms with E-state index in [2.05, 4.69) is 22.2 Å². The van der Waals surface area contributed by atoms with Crippen molar-refractivity contribution in [1.29, 1.82) is 0 Å². The summed E-state index contributed by atoms with van der Waals surface area (Å²) in [6.45, 7) is 7.96. The van der Waals surface area contributed by atoms with Gasteiger partial charge in [-0.1, -0.05) is 13.8 Å². The molecule has 3 aromatic heterocycles. The van der Waals surface area contributed by atoms with Crippen molar-refractivity contribution in [2.45, 2.75) is 70.6 Å². The summed E-state index contributed by atoms with van der Waals surface area (Å²) in [5.41, 5.74) is 8.25. The Morgan fingerprint density at radius 1 is 1.18 bits per heavy atom. The summed E-state index contributed by atoms with van der Waals surface area (Å²) in [6.07, 6.45) is 6.47. The van der Waals surface area contributed by atoms with Crippen molar-refractivity contribution in [2.24, 2.45) is 5.73 Å². The van der Waals surface area contributed by atoms with Gasteiger partial charge in [-0.2, -0.15) is 0 Å². The molecule has 33 heavy (non-hydrogen) atoms. The summed E-state index contributed by atoms with van der Waals surface area (Å²) in [7, 11) is 0. The molecule has 0 radical (unpaired) electrons. The van der Waals surface area contributed by atoms with E-state index in [1.807, 2.05) is 33.0 Å². The van der Waals surface area contributed by atoms with Crippen molar-refractivity contribution in [3.8, 4) is 5.88 Å². The zero-order valence-corrected chi connectivity index (χ0v) is 19.4. The topological polar surface area (TPSA) is 112 Å². The second-order valence-electron chi connectivity index (χ2n) is 9.33. The first-order valence-corrected chi connectivity index (χ1v) is 11.5. The first kappa shape index (κ1) is 21.6. The summed E-state index contributed by atoms with van der Waals surface area (Å²) >= 11 is 0. The maximum absolute atomic E-state index is 12.2. The molecular formula is C25H29N5O3. The van der Waals surface area contributed by atoms with Gasteiger partial charge in [0, 0.05) is 23.9 Å². The molecule has 2 aliphatic rings. The SMILES string of the molecule is CC[C@@](C)(N)c1cnc(OC2CC2)c2cnc(Nc3ccc4c(n3)[C@@H](C)[C@@H](C)OC4=O)cc12. The summed E-state index contributed by atoms with van der Waals surface area (Å²) in [6, 6.07) is 5.48. The molecule has 0 amide bonds. The number of anilines is 2. The number of aromatic nitrogens is 3. The van der Waals surface area contributed by atoms with Gasteiger partial charge in [0.15, 0.2) is 0 Å². The molecule has 1 saturated carbocycles. The Morgan fingerprint density at radius 3 is 2.70 bits per heavy atom. The third-order valence-corrected chi connectivity index (χ3v) is 6.72. The molecule has 1 aliphatic carbocycles. The third kappa shape index (κ3) is 3.99. The third-order valence-electron chi connectivity index (χ3n) is 6.72. The van der Waals surface area contributed by atoms with Crippen molar-refractivity contribution < 1.29 is 14.3 Å². The number of fused-ring (bicyclic) bond motifs is 2. The van der Waals surface area contributed by atoms with Gasteiger partial charge < -0.3 is 20.5 Å². The first-order chi connectivity index (χ1) is 15.8. The molecule has 0 aromatic carbocycles. The molecule has 8 nitrogen and oxygen atoms in total. The molecule has 0 unspecified atom stereocenters. The predicted octanol–water partition coefficient (Wildman–Crippen LogP) is 4.56. The highest BCUT2D eigenvalue weighted by atomic mass is 16.5. The number of nitrogens with one attached hydrogen (secondary N) is 1. The van der Waals surface area contributed by atoms with E-state index < -0.39 is 5.54 Å². The Hall–Kier alpha value is -3.26. The Labute approximate surface area is 192 Å². The number of carbonyl (C=O) groups excluding carboxylic acids is 1. The zero-order chi connectivity index (χ0) is 23.3. The Balaban J connectivity index is 1.54. The van der Waals surface area contributed by atoms with Crippen molar-refractivity contribution in [3.63, 3.8) is 0 Å². The maximum atomic E-state index is 12.2. The van der Waals surface area contributed by atoms with Gasteiger partial charge in [0.25, 0.3) is 0 Å². The van der Waals surface area contributed by atoms with Gasteiger partial charge in [0.05, 0.1) is 16.6 Å². The lowest BCUT2D eigenvalue weighted by Crippen LogP contribution is -2.32. The molecular weight excluding hydrogens is 418 g/mol. The number of hydrogen-bond donors (Lipinski definition) is 2. The van der Waals surface area contributed by atoms with Crippen molar-refractivity contribution in [3.05, 3.63) is 47.4 Å². The van der Waals surface area contributed by atoms with Crippen LogP contribution in [0.5, 0.6) is 5.88 Å². The molecule has 3 atom stereocenters. The quantitative estimate of drug-likeness (QED) is 0.529. The van der Waals surface area contributed by atoms with E-state index in [4.69, 9.17) is 20.2 Å². The standard InChI is InChI=1S/C25H29N5O3/c1-5-25(4,26)19-12-28-23(33-15-6-7-15)18-11-27-21(10-17(18)19)29-20-9-8-16-22(30-20)13(2)14(3)32-24(16)31/h8-15H,5-7,26H2,1-4H3,(H,27,29,30)/t13-,14+,25+/m0/s1. The van der Waals surface area contributed by atoms with Crippen LogP contribution < -0.4 is 15.8 Å². The molecule has 0 saturated heterocycles. The van der Waals surface area contributed by atoms with Crippen LogP contribution in [0.3, 0.4) is 0 Å². The minimum absolute atomic E-state index is 0.00585. The lowest BCUT2D eigenvalue weighted by Gasteiger charge is -2.27. The smallest absolute Gasteiger partial charge is 0.340 e. The zero-order valence-electron chi connectivity index (χ0n) is 19.4. The van der Waals surface area contributed by atoms with E-state index in [9.17, 15) is 4.79 Å². The number of rotatable bonds is 6. The van der Waals surface area contributed by atoms with E-state index in [0.29, 0.717) is 23.1 Å². The van der Waals surface area contributed by atoms with Gasteiger partial charge in [0.1, 0.15) is 23.8 Å². The number of cyclic esters (lactones) is 1. The van der Waals surface area contributed by atoms with Crippen molar-refractivity contribution in [2.75, 3.05) is 5.32 Å². The van der Waals surface area contributed by atoms with Gasteiger partial charge in [0.2, 0.25) is 5.88 Å². The van der Waals surface area contributed by atoms with Crippen LogP contribution >= 0.6 is 0 Å². The number of nitrogens with two attached hydrogens (primary N) is 1. The fourth-order valence-electron chi connectivity index (χ4n) is 4.01. The van der Waals surface area contributed by atoms with Crippen LogP contribution in [0.1, 0.15) is 74.5 Å². The number of pyridine rings is 3. The van der Waals surface area contributed by atoms with Crippen LogP contribution in [0.15, 0.2) is 30.6 Å². The van der Waals surface area contributed by atoms with Gasteiger partial charge in [-0.25, -0.2) is 19.7 Å². The predicted molar refractivity (Wildman–Crippen MR) is 126 cm³/mol. The van der Waals surface area contributed by atoms with Crippen LogP contribution in [0, 0.1) is 0 Å². The van der Waals surface area contributed by atoms with Gasteiger partial charge in [-0.3, -0.25) is 0 Å². The molecule has 1 fully saturated rings. The van der Waals surface area contributed by atoms with Crippen LogP contribution in [-0.4, -0.2) is 33.1 Å². The van der Waals surface area contributed by atoms with Crippen LogP contribution in [0.2, 0.25) is 0 Å². The fourth-order valence-corrected chi connectivity index (χ4v) is 4.01. The molecule has 0 bridgehead atoms. The van der Waals surface area contributed by atoms with E-state index >= 15 is 0 Å². The average Bonchev–Trinajstić information content (AvgIpc) is 3.61. The summed E-state index contributed by atoms with van der Waals surface area (Å²) in [4.78, 5) is 26.1. The van der Waals surface area contributed by atoms with E-state index in [1.165, 1.54) is 0 Å². The van der Waals surface area contributed by atoms with E-state index in [0.717, 1.165) is 41.3 Å². The average molecular weight is 448 g/mol. The van der Waals surface area contributed by atoms with Crippen LogP contribution in [-0.2, 0) is 10.3 Å². The first-order valence-electron chi connectivity index (χ1n) is 11.5. The summed E-state index contributed by atoms with van der Waals surface area (Å²) < 4.78 is 11.4. The van der Waals surface area contributed by atoms with Gasteiger partial charge in [-0.15, -0.1) is 0 Å². The second-order valence-corrected chi connectivity index (χ2v) is 9.33. The van der Waals surface area contributed by atoms with Gasteiger partial charge >= 0.3 is 5.97 Å². The molecule has 3 aromatic rings. The van der Waals surface area contributed by atoms with Crippen molar-refractivity contribution >= 4 is 28.4 Å². The lowest BCUT2D eigenvalue weighted by molar-refractivity contribution is 0.0235. The lowest BCUT2D eigenvalue weighted by atomic mass is 9.88. The number of esters is 1. The molecule has 4 heterocycles. The highest BCUT2D eigenvalue weighted by Crippen LogP contribution is 2.37. The van der Waals surface area contributed by atoms with Crippen molar-refractivity contribution in [1.82, 2.24) is 15.0 Å². The highest BCUT2D eigenvalue weighted by Gasteiger charge is 2.32. The molecule has 172 valence electrons. The normalized spacial score (nSPS) is 21.8. The minimum atomic E-state index is -0.544. The maximum Gasteiger partial charge on any atom is 0.340 e. The second kappa shape index (κ2) is 7.95. The number of ether oxygens (including phenoxy) is 2. The Morgan fingerprint density at radius 2 is 1.97 bits per heavy atom. The Kier molecular flexibility index (Phi) is 5.20. The molecule has 0 spiro atoms. The Bertz CT molecular complexity index is 1240. The molecule has 8 heteroatoms. The highest BCUT2D eigenvalue weighted by molar-refractivity contribution is 5.93. The molecule has 5 rings (SSSR count). The monoisotopic (exact) mass is 447 g/mol.